The number of carboxylic acids is 1. The fourth-order valence-electron chi connectivity index (χ4n) is 16.8. The lowest BCUT2D eigenvalue weighted by atomic mass is 9.84. The van der Waals surface area contributed by atoms with Crippen molar-refractivity contribution in [2.45, 2.75) is 371 Å². The Bertz CT molecular complexity index is 3560. The van der Waals surface area contributed by atoms with Crippen molar-refractivity contribution in [2.75, 3.05) is 14.2 Å². The molecular formula is C102H156Cl4O14. The molecule has 0 saturated heterocycles. The molecule has 4 aromatic rings. The van der Waals surface area contributed by atoms with Gasteiger partial charge in [0, 0.05) is 100 Å². The summed E-state index contributed by atoms with van der Waals surface area (Å²) < 4.78 is 9.30. The van der Waals surface area contributed by atoms with Crippen LogP contribution in [0.2, 0.25) is 0 Å². The normalized spacial score (nSPS) is 23.7. The first-order valence-corrected chi connectivity index (χ1v) is 45.6. The molecule has 0 aliphatic heterocycles. The molecule has 4 saturated carbocycles. The Morgan fingerprint density at radius 3 is 0.858 bits per heavy atom. The van der Waals surface area contributed by atoms with E-state index in [0.717, 1.165) is 192 Å². The van der Waals surface area contributed by atoms with E-state index in [2.05, 4.69) is 86.6 Å². The number of esters is 2. The van der Waals surface area contributed by atoms with Gasteiger partial charge in [0.2, 0.25) is 0 Å². The van der Waals surface area contributed by atoms with Crippen molar-refractivity contribution < 1.29 is 68.9 Å². The first-order chi connectivity index (χ1) is 56.0. The average Bonchev–Trinajstić information content (AvgIpc) is 1.67. The maximum atomic E-state index is 12.3. The van der Waals surface area contributed by atoms with Gasteiger partial charge >= 0.3 is 17.9 Å². The molecule has 0 spiro atoms. The van der Waals surface area contributed by atoms with E-state index in [1.165, 1.54) is 27.1 Å². The highest BCUT2D eigenvalue weighted by Gasteiger charge is 2.45. The van der Waals surface area contributed by atoms with Crippen LogP contribution in [-0.2, 0) is 23.9 Å². The number of halogens is 4. The molecular weight excluding hydrogens is 1590 g/mol. The monoisotopic (exact) mass is 1750 g/mol. The average molecular weight is 1750 g/mol. The molecule has 4 aromatic carbocycles. The summed E-state index contributed by atoms with van der Waals surface area (Å²) in [5.41, 5.74) is 7.44. The number of aliphatic hydroxyl groups excluding tert-OH is 5. The molecule has 676 valence electrons. The predicted molar refractivity (Wildman–Crippen MR) is 501 cm³/mol. The van der Waals surface area contributed by atoms with Crippen LogP contribution >= 0.6 is 46.4 Å². The number of benzene rings is 4. The summed E-state index contributed by atoms with van der Waals surface area (Å²) in [5, 5.41) is 61.2. The van der Waals surface area contributed by atoms with Crippen molar-refractivity contribution >= 4 is 81.7 Å². The SMILES string of the molecule is C.C.C.C.CCCC/C=C\C[C@@H]1[C@@H](c2ccc(C(=O)CCCCC)cc2)[C@H](O)C[C@H]1Cl.CCCCCC(=O)c1ccc([C@@H]2[C@@H](C/C=C\CCCC(=O)O)[C@H](Cl)C[C@H]2O)cc1.CCCCCC(=O)c1ccc([C@@H]2[C@@H](C/C=C\CCCC(=O)OC)[C@H](Cl)C[C@H]2O)cc1.CCCCCC(O)c1ccc([C@@H]2[C@@H](C/C=C\CCCC(=O)OC)[C@H](Cl)C[C@H]2O)cc1. The number of carbonyl (C=O) groups excluding carboxylic acids is 5. The van der Waals surface area contributed by atoms with Gasteiger partial charge < -0.3 is 40.1 Å². The largest absolute Gasteiger partial charge is 0.481 e. The summed E-state index contributed by atoms with van der Waals surface area (Å²) in [4.78, 5) is 69.8. The molecule has 18 heteroatoms. The second-order valence-corrected chi connectivity index (χ2v) is 34.7. The number of unbranched alkanes of at least 4 members (excludes halogenated alkanes) is 13. The third-order valence-electron chi connectivity index (χ3n) is 23.6. The first kappa shape index (κ1) is 112. The standard InChI is InChI=1S/C25H37ClO4.C25H35ClO4.C24H33ClO4.C24H35ClO2.4CH4/c2*1-3-4-7-11-22(27)18-13-15-19(16-14-18)25-20(21(26)17-23(25)28)10-8-5-6-9-12-24(29)30-2;1-2-3-6-10-21(26)17-12-14-18(15-13-17)24-19(20(25)16-22(24)27)9-7-4-5-8-11-23(28)29;1-3-5-7-8-10-11-20-21(25)17-23(27)24(20)19-15-13-18(14-16-19)22(26)12-9-6-4-2;;;;/h5,8,13-16,20-23,25,27-28H,3-4,6-7,9-12,17H2,1-2H3;5,8,13-16,20-21,23,25,28H,3-4,6-7,9-12,17H2,1-2H3;4,7,12-15,19-20,22,24,27H,2-3,5-6,8-11,16H2,1H3,(H,28,29);8,10,13-16,20-21,23-24,27H,3-7,9,11-12,17H2,1-2H3;4*1H4/b2*8-5-;7-4-;10-8-;;;;/t20-,21+,22?,23+,25+;20-,21+,23+,25+;19-,20+,22+,24+;20-,21+,23+,24+;;;;/m0000..../s1. The third kappa shape index (κ3) is 39.2. The van der Waals surface area contributed by atoms with Gasteiger partial charge in [0.15, 0.2) is 17.3 Å². The smallest absolute Gasteiger partial charge is 0.305 e. The Kier molecular flexibility index (Phi) is 59.9. The zero-order chi connectivity index (χ0) is 84.7. The molecule has 0 aromatic heterocycles. The molecule has 0 heterocycles. The van der Waals surface area contributed by atoms with Gasteiger partial charge in [-0.3, -0.25) is 28.8 Å². The molecule has 4 aliphatic rings. The summed E-state index contributed by atoms with van der Waals surface area (Å²) in [6, 6.07) is 31.3. The molecule has 1 unspecified atom stereocenters. The van der Waals surface area contributed by atoms with Crippen molar-refractivity contribution in [3.05, 3.63) is 190 Å². The van der Waals surface area contributed by atoms with Crippen molar-refractivity contribution in [3.63, 3.8) is 0 Å². The second kappa shape index (κ2) is 64.0. The minimum absolute atomic E-state index is 0. The van der Waals surface area contributed by atoms with Crippen LogP contribution in [0.5, 0.6) is 0 Å². The molecule has 17 atom stereocenters. The minimum atomic E-state index is -0.773. The number of carboxylic acid groups (broad SMARTS) is 1. The number of ketones is 3. The third-order valence-corrected chi connectivity index (χ3v) is 25.6. The van der Waals surface area contributed by atoms with E-state index < -0.39 is 36.5 Å². The van der Waals surface area contributed by atoms with Gasteiger partial charge in [-0.15, -0.1) is 46.4 Å². The van der Waals surface area contributed by atoms with Crippen LogP contribution in [0, 0.1) is 23.7 Å². The number of carbonyl (C=O) groups is 6. The number of aliphatic carboxylic acids is 1. The number of rotatable bonds is 47. The van der Waals surface area contributed by atoms with Gasteiger partial charge in [-0.05, 0) is 173 Å². The van der Waals surface area contributed by atoms with Crippen LogP contribution in [0.1, 0.15) is 384 Å². The highest BCUT2D eigenvalue weighted by molar-refractivity contribution is 6.22. The van der Waals surface area contributed by atoms with Crippen LogP contribution in [0.4, 0.5) is 0 Å². The first-order valence-electron chi connectivity index (χ1n) is 43.9. The number of hydrogen-bond donors (Lipinski definition) is 6. The maximum absolute atomic E-state index is 12.3. The molecule has 4 fully saturated rings. The Hall–Kier alpha value is -5.78. The Balaban J connectivity index is 0.000000792. The highest BCUT2D eigenvalue weighted by Crippen LogP contribution is 2.49. The van der Waals surface area contributed by atoms with E-state index in [1.807, 2.05) is 103 Å². The van der Waals surface area contributed by atoms with E-state index in [1.54, 1.807) is 0 Å². The van der Waals surface area contributed by atoms with Crippen molar-refractivity contribution in [1.82, 2.24) is 0 Å². The molecule has 4 aliphatic carbocycles. The zero-order valence-corrected chi connectivity index (χ0v) is 73.6. The number of aliphatic hydroxyl groups is 5. The van der Waals surface area contributed by atoms with Crippen LogP contribution in [0.25, 0.3) is 0 Å². The number of allylic oxidation sites excluding steroid dienone is 8. The topological polar surface area (TPSA) is 242 Å². The predicted octanol–water partition coefficient (Wildman–Crippen LogP) is 26.4. The van der Waals surface area contributed by atoms with Crippen LogP contribution in [0.3, 0.4) is 0 Å². The van der Waals surface area contributed by atoms with Gasteiger partial charge in [0.25, 0.3) is 0 Å². The summed E-state index contributed by atoms with van der Waals surface area (Å²) in [7, 11) is 2.81. The van der Waals surface area contributed by atoms with Crippen molar-refractivity contribution in [3.8, 4) is 0 Å². The summed E-state index contributed by atoms with van der Waals surface area (Å²) >= 11 is 26.2. The molecule has 0 amide bonds. The Morgan fingerprint density at radius 1 is 0.350 bits per heavy atom. The molecule has 120 heavy (non-hydrogen) atoms. The van der Waals surface area contributed by atoms with Crippen LogP contribution in [0.15, 0.2) is 146 Å². The summed E-state index contributed by atoms with van der Waals surface area (Å²) in [6.45, 7) is 10.8. The van der Waals surface area contributed by atoms with Crippen molar-refractivity contribution in [1.29, 1.82) is 0 Å². The van der Waals surface area contributed by atoms with Gasteiger partial charge in [-0.1, -0.05) is 281 Å². The van der Waals surface area contributed by atoms with E-state index in [-0.39, 0.29) is 134 Å². The van der Waals surface area contributed by atoms with Gasteiger partial charge in [0.1, 0.15) is 0 Å². The fraction of sp³-hybridized carbons (Fsp3) is 0.627. The van der Waals surface area contributed by atoms with E-state index in [4.69, 9.17) is 51.5 Å². The fourth-order valence-corrected chi connectivity index (χ4v) is 18.6. The lowest BCUT2D eigenvalue weighted by molar-refractivity contribution is -0.141. The lowest BCUT2D eigenvalue weighted by Crippen LogP contribution is -2.18. The zero-order valence-electron chi connectivity index (χ0n) is 70.6. The molecule has 8 rings (SSSR count). The number of ether oxygens (including phenoxy) is 2. The van der Waals surface area contributed by atoms with Crippen molar-refractivity contribution in [2.24, 2.45) is 23.7 Å². The minimum Gasteiger partial charge on any atom is -0.481 e. The van der Waals surface area contributed by atoms with Gasteiger partial charge in [-0.25, -0.2) is 0 Å². The number of hydrogen-bond acceptors (Lipinski definition) is 13. The van der Waals surface area contributed by atoms with E-state index in [9.17, 15) is 54.3 Å². The Morgan fingerprint density at radius 2 is 0.600 bits per heavy atom. The summed E-state index contributed by atoms with van der Waals surface area (Å²) in [5.74, 6) is 0.0722. The van der Waals surface area contributed by atoms with Gasteiger partial charge in [-0.2, -0.15) is 0 Å². The molecule has 14 nitrogen and oxygen atoms in total. The second-order valence-electron chi connectivity index (χ2n) is 32.4. The maximum Gasteiger partial charge on any atom is 0.305 e. The van der Waals surface area contributed by atoms with E-state index in [0.29, 0.717) is 64.2 Å². The Labute approximate surface area is 745 Å². The molecule has 6 N–H and O–H groups in total. The van der Waals surface area contributed by atoms with Crippen LogP contribution in [-0.4, -0.2) is 126 Å². The number of alkyl halides is 4. The molecule has 0 bridgehead atoms. The quantitative estimate of drug-likeness (QED) is 0.00793. The summed E-state index contributed by atoms with van der Waals surface area (Å²) in [6.07, 6.45) is 44.6. The highest BCUT2D eigenvalue weighted by atomic mass is 35.5. The van der Waals surface area contributed by atoms with E-state index >= 15 is 0 Å². The van der Waals surface area contributed by atoms with Crippen LogP contribution < -0.4 is 0 Å². The van der Waals surface area contributed by atoms with Gasteiger partial charge in [0.05, 0.1) is 44.7 Å². The lowest BCUT2D eigenvalue weighted by Gasteiger charge is -2.23. The number of methoxy groups -OCH3 is 2. The molecule has 0 radical (unpaired) electrons. The number of Topliss-reactive ketones (excluding diaryl/α,β-unsaturated/α-hetero) is 3.